The Bertz CT molecular complexity index is 470. The molecule has 2 unspecified atom stereocenters. The van der Waals surface area contributed by atoms with E-state index in [1.807, 2.05) is 0 Å². The number of hydrogen-bond acceptors (Lipinski definition) is 0. The smallest absolute Gasteiger partial charge is 0.0206 e. The Kier molecular flexibility index (Phi) is 10.0. The molecule has 1 aromatic rings. The number of aryl methyl sites for hydroxylation is 1. The molecule has 25 heavy (non-hydrogen) atoms. The van der Waals surface area contributed by atoms with Gasteiger partial charge in [-0.3, -0.25) is 0 Å². The molecule has 0 aliphatic heterocycles. The molecule has 0 spiro atoms. The number of benzene rings is 1. The molecule has 0 heterocycles. The van der Waals surface area contributed by atoms with Crippen LogP contribution < -0.4 is 0 Å². The van der Waals surface area contributed by atoms with Crippen LogP contribution in [-0.2, 0) is 6.42 Å². The van der Waals surface area contributed by atoms with Crippen molar-refractivity contribution in [2.45, 2.75) is 97.3 Å². The summed E-state index contributed by atoms with van der Waals surface area (Å²) in [4.78, 5) is 0. The molecule has 0 bridgehead atoms. The first-order valence-electron chi connectivity index (χ1n) is 11.1. The molecule has 2 rings (SSSR count). The summed E-state index contributed by atoms with van der Waals surface area (Å²) in [6.45, 7) is 4.69. The van der Waals surface area contributed by atoms with Crippen LogP contribution in [0, 0.1) is 11.8 Å². The highest BCUT2D eigenvalue weighted by Crippen LogP contribution is 2.34. The fourth-order valence-corrected chi connectivity index (χ4v) is 4.43. The van der Waals surface area contributed by atoms with Gasteiger partial charge in [0.05, 0.1) is 0 Å². The third kappa shape index (κ3) is 7.80. The second kappa shape index (κ2) is 12.3. The van der Waals surface area contributed by atoms with Gasteiger partial charge in [0.2, 0.25) is 0 Å². The molecule has 1 aromatic carbocycles. The van der Waals surface area contributed by atoms with E-state index in [9.17, 15) is 0 Å². The van der Waals surface area contributed by atoms with Crippen LogP contribution in [0.5, 0.6) is 0 Å². The third-order valence-electron chi connectivity index (χ3n) is 6.15. The van der Waals surface area contributed by atoms with Crippen LogP contribution in [-0.4, -0.2) is 0 Å². The number of allylic oxidation sites excluding steroid dienone is 2. The van der Waals surface area contributed by atoms with Gasteiger partial charge in [-0.15, -0.1) is 0 Å². The van der Waals surface area contributed by atoms with Crippen LogP contribution in [0.25, 0.3) is 0 Å². The van der Waals surface area contributed by atoms with E-state index in [-0.39, 0.29) is 0 Å². The summed E-state index contributed by atoms with van der Waals surface area (Å²) < 4.78 is 0. The van der Waals surface area contributed by atoms with E-state index >= 15 is 0 Å². The molecule has 1 aliphatic carbocycles. The zero-order chi connectivity index (χ0) is 17.7. The lowest BCUT2D eigenvalue weighted by Crippen LogP contribution is -2.12. The Balaban J connectivity index is 1.67. The lowest BCUT2D eigenvalue weighted by atomic mass is 9.79. The molecular weight excluding hydrogens is 300 g/mol. The average Bonchev–Trinajstić information content (AvgIpc) is 2.67. The molecule has 1 aliphatic rings. The second-order valence-corrected chi connectivity index (χ2v) is 8.11. The lowest BCUT2D eigenvalue weighted by Gasteiger charge is -2.27. The molecule has 0 heteroatoms. The molecule has 0 nitrogen and oxygen atoms in total. The van der Waals surface area contributed by atoms with Gasteiger partial charge in [-0.05, 0) is 62.3 Å². The number of hydrogen-bond donors (Lipinski definition) is 0. The number of unbranched alkanes of at least 4 members (excludes halogenated alkanes) is 4. The van der Waals surface area contributed by atoms with Crippen molar-refractivity contribution in [3.8, 4) is 0 Å². The summed E-state index contributed by atoms with van der Waals surface area (Å²) in [5.74, 6) is 1.82. The quantitative estimate of drug-likeness (QED) is 0.266. The van der Waals surface area contributed by atoms with E-state index in [2.05, 4.69) is 50.3 Å². The molecule has 2 atom stereocenters. The molecule has 0 N–H and O–H groups in total. The first-order chi connectivity index (χ1) is 12.3. The third-order valence-corrected chi connectivity index (χ3v) is 6.15. The largest absolute Gasteiger partial charge is 0.0848 e. The average molecular weight is 341 g/mol. The van der Waals surface area contributed by atoms with Crippen molar-refractivity contribution in [3.05, 3.63) is 47.5 Å². The van der Waals surface area contributed by atoms with Crippen LogP contribution >= 0.6 is 0 Å². The zero-order valence-electron chi connectivity index (χ0n) is 16.8. The first-order valence-corrected chi connectivity index (χ1v) is 11.1. The van der Waals surface area contributed by atoms with Gasteiger partial charge in [0, 0.05) is 0 Å². The first kappa shape index (κ1) is 20.3. The Morgan fingerprint density at radius 2 is 1.76 bits per heavy atom. The summed E-state index contributed by atoms with van der Waals surface area (Å²) in [5, 5.41) is 0. The van der Waals surface area contributed by atoms with E-state index in [0.29, 0.717) is 0 Å². The van der Waals surface area contributed by atoms with Gasteiger partial charge in [0.25, 0.3) is 0 Å². The van der Waals surface area contributed by atoms with Gasteiger partial charge in [-0.1, -0.05) is 94.4 Å². The maximum atomic E-state index is 2.64. The summed E-state index contributed by atoms with van der Waals surface area (Å²) in [5.41, 5.74) is 3.29. The van der Waals surface area contributed by atoms with Crippen molar-refractivity contribution in [3.63, 3.8) is 0 Å². The molecular formula is C25H40. The summed E-state index contributed by atoms with van der Waals surface area (Å²) >= 11 is 0. The second-order valence-electron chi connectivity index (χ2n) is 8.11. The zero-order valence-corrected chi connectivity index (χ0v) is 16.8. The molecule has 0 fully saturated rings. The summed E-state index contributed by atoms with van der Waals surface area (Å²) in [6, 6.07) is 11.0. The van der Waals surface area contributed by atoms with Crippen LogP contribution in [0.4, 0.5) is 0 Å². The van der Waals surface area contributed by atoms with E-state index in [4.69, 9.17) is 0 Å². The Labute approximate surface area is 157 Å². The molecule has 140 valence electrons. The normalized spacial score (nSPS) is 18.8. The fraction of sp³-hybridized carbons (Fsp3) is 0.680. The van der Waals surface area contributed by atoms with E-state index < -0.39 is 0 Å². The van der Waals surface area contributed by atoms with Crippen LogP contribution in [0.15, 0.2) is 42.0 Å². The minimum Gasteiger partial charge on any atom is -0.0848 e. The molecule has 0 amide bonds. The van der Waals surface area contributed by atoms with Crippen LogP contribution in [0.2, 0.25) is 0 Å². The molecule has 0 saturated carbocycles. The molecule has 0 saturated heterocycles. The van der Waals surface area contributed by atoms with Gasteiger partial charge in [-0.25, -0.2) is 0 Å². The monoisotopic (exact) mass is 340 g/mol. The van der Waals surface area contributed by atoms with Crippen molar-refractivity contribution < 1.29 is 0 Å². The van der Waals surface area contributed by atoms with Gasteiger partial charge < -0.3 is 0 Å². The van der Waals surface area contributed by atoms with Crippen LogP contribution in [0.1, 0.15) is 96.5 Å². The maximum absolute atomic E-state index is 2.64. The topological polar surface area (TPSA) is 0 Å². The SMILES string of the molecule is CCCCCCCC1CC=C(C(CC)CCCc2ccccc2)CC1. The Morgan fingerprint density at radius 3 is 2.44 bits per heavy atom. The highest BCUT2D eigenvalue weighted by molar-refractivity contribution is 5.15. The summed E-state index contributed by atoms with van der Waals surface area (Å²) in [6.07, 6.45) is 20.7. The fourth-order valence-electron chi connectivity index (χ4n) is 4.43. The Morgan fingerprint density at radius 1 is 0.960 bits per heavy atom. The minimum atomic E-state index is 0.842. The highest BCUT2D eigenvalue weighted by atomic mass is 14.2. The van der Waals surface area contributed by atoms with Crippen LogP contribution in [0.3, 0.4) is 0 Å². The minimum absolute atomic E-state index is 0.842. The predicted octanol–water partition coefficient (Wildman–Crippen LogP) is 8.12. The van der Waals surface area contributed by atoms with Crippen molar-refractivity contribution >= 4 is 0 Å². The maximum Gasteiger partial charge on any atom is -0.0206 e. The van der Waals surface area contributed by atoms with Gasteiger partial charge in [-0.2, -0.15) is 0 Å². The highest BCUT2D eigenvalue weighted by Gasteiger charge is 2.19. The molecule has 0 aromatic heterocycles. The molecule has 0 radical (unpaired) electrons. The van der Waals surface area contributed by atoms with Gasteiger partial charge >= 0.3 is 0 Å². The Hall–Kier alpha value is -1.04. The van der Waals surface area contributed by atoms with Gasteiger partial charge in [0.1, 0.15) is 0 Å². The van der Waals surface area contributed by atoms with Crippen molar-refractivity contribution in [1.82, 2.24) is 0 Å². The van der Waals surface area contributed by atoms with Crippen molar-refractivity contribution in [1.29, 1.82) is 0 Å². The van der Waals surface area contributed by atoms with Gasteiger partial charge in [0.15, 0.2) is 0 Å². The predicted molar refractivity (Wildman–Crippen MR) is 112 cm³/mol. The summed E-state index contributed by atoms with van der Waals surface area (Å²) in [7, 11) is 0. The van der Waals surface area contributed by atoms with Crippen molar-refractivity contribution in [2.75, 3.05) is 0 Å². The van der Waals surface area contributed by atoms with E-state index in [1.165, 1.54) is 89.0 Å². The number of rotatable bonds is 12. The standard InChI is InChI=1S/C25H40/c1-3-5-6-7-9-15-23-18-20-25(21-19-23)24(4-2)17-12-16-22-13-10-8-11-14-22/h8,10-11,13-14,20,23-24H,3-7,9,12,15-19,21H2,1-2H3. The van der Waals surface area contributed by atoms with Crippen molar-refractivity contribution in [2.24, 2.45) is 11.8 Å². The van der Waals surface area contributed by atoms with E-state index in [0.717, 1.165) is 11.8 Å². The lowest BCUT2D eigenvalue weighted by molar-refractivity contribution is 0.388. The van der Waals surface area contributed by atoms with E-state index in [1.54, 1.807) is 5.57 Å².